The summed E-state index contributed by atoms with van der Waals surface area (Å²) in [5, 5.41) is 2.73. The van der Waals surface area contributed by atoms with Gasteiger partial charge in [0.15, 0.2) is 0 Å². The van der Waals surface area contributed by atoms with Gasteiger partial charge in [0.1, 0.15) is 11.6 Å². The normalized spacial score (nSPS) is 10.2. The van der Waals surface area contributed by atoms with Gasteiger partial charge < -0.3 is 15.8 Å². The van der Waals surface area contributed by atoms with Gasteiger partial charge in [-0.25, -0.2) is 4.39 Å². The van der Waals surface area contributed by atoms with Crippen LogP contribution in [0.25, 0.3) is 0 Å². The molecule has 2 aromatic carbocycles. The summed E-state index contributed by atoms with van der Waals surface area (Å²) in [5.74, 6) is -0.195. The van der Waals surface area contributed by atoms with Crippen LogP contribution < -0.4 is 15.8 Å². The SMILES string of the molecule is CCOc1cccc(CNC(=O)c2ccc(N)c(F)c2)c1. The molecule has 0 aliphatic rings. The van der Waals surface area contributed by atoms with Gasteiger partial charge in [0.05, 0.1) is 12.3 Å². The number of nitrogen functional groups attached to an aromatic ring is 1. The number of carbonyl (C=O) groups is 1. The first-order valence-electron chi connectivity index (χ1n) is 6.65. The fraction of sp³-hybridized carbons (Fsp3) is 0.188. The van der Waals surface area contributed by atoms with E-state index in [-0.39, 0.29) is 17.2 Å². The molecule has 2 rings (SSSR count). The minimum atomic E-state index is -0.596. The van der Waals surface area contributed by atoms with Crippen molar-refractivity contribution in [3.05, 3.63) is 59.4 Å². The van der Waals surface area contributed by atoms with Crippen molar-refractivity contribution in [2.24, 2.45) is 0 Å². The van der Waals surface area contributed by atoms with Gasteiger partial charge in [0.2, 0.25) is 0 Å². The fourth-order valence-corrected chi connectivity index (χ4v) is 1.86. The summed E-state index contributed by atoms with van der Waals surface area (Å²) in [6, 6.07) is 11.4. The molecule has 0 unspecified atom stereocenters. The Labute approximate surface area is 122 Å². The molecule has 5 heteroatoms. The Morgan fingerprint density at radius 3 is 2.81 bits per heavy atom. The summed E-state index contributed by atoms with van der Waals surface area (Å²) < 4.78 is 18.7. The Balaban J connectivity index is 2.00. The van der Waals surface area contributed by atoms with E-state index in [4.69, 9.17) is 10.5 Å². The average molecular weight is 288 g/mol. The number of nitrogens with two attached hydrogens (primary N) is 1. The van der Waals surface area contributed by atoms with Crippen molar-refractivity contribution < 1.29 is 13.9 Å². The summed E-state index contributed by atoms with van der Waals surface area (Å²) in [5.41, 5.74) is 6.55. The van der Waals surface area contributed by atoms with Gasteiger partial charge in [-0.05, 0) is 42.8 Å². The van der Waals surface area contributed by atoms with Crippen molar-refractivity contribution in [1.29, 1.82) is 0 Å². The third-order valence-electron chi connectivity index (χ3n) is 2.93. The Morgan fingerprint density at radius 2 is 2.10 bits per heavy atom. The number of nitrogens with one attached hydrogen (secondary N) is 1. The van der Waals surface area contributed by atoms with Gasteiger partial charge in [0.25, 0.3) is 5.91 Å². The molecule has 0 atom stereocenters. The largest absolute Gasteiger partial charge is 0.494 e. The van der Waals surface area contributed by atoms with E-state index < -0.39 is 5.82 Å². The Bertz CT molecular complexity index is 644. The number of hydrogen-bond acceptors (Lipinski definition) is 3. The van der Waals surface area contributed by atoms with Gasteiger partial charge >= 0.3 is 0 Å². The van der Waals surface area contributed by atoms with Crippen LogP contribution in [-0.4, -0.2) is 12.5 Å². The molecule has 2 aromatic rings. The minimum Gasteiger partial charge on any atom is -0.494 e. The maximum Gasteiger partial charge on any atom is 0.251 e. The van der Waals surface area contributed by atoms with Crippen molar-refractivity contribution in [3.8, 4) is 5.75 Å². The standard InChI is InChI=1S/C16H17FN2O2/c1-2-21-13-5-3-4-11(8-13)10-19-16(20)12-6-7-15(18)14(17)9-12/h3-9H,2,10,18H2,1H3,(H,19,20). The molecule has 0 fully saturated rings. The number of rotatable bonds is 5. The molecule has 0 aliphatic carbocycles. The lowest BCUT2D eigenvalue weighted by molar-refractivity contribution is 0.0950. The maximum absolute atomic E-state index is 13.3. The molecular formula is C16H17FN2O2. The quantitative estimate of drug-likeness (QED) is 0.831. The van der Waals surface area contributed by atoms with Gasteiger partial charge in [-0.1, -0.05) is 12.1 Å². The molecular weight excluding hydrogens is 271 g/mol. The molecule has 21 heavy (non-hydrogen) atoms. The van der Waals surface area contributed by atoms with E-state index >= 15 is 0 Å². The van der Waals surface area contributed by atoms with Gasteiger partial charge in [-0.2, -0.15) is 0 Å². The Kier molecular flexibility index (Phi) is 4.77. The van der Waals surface area contributed by atoms with E-state index in [2.05, 4.69) is 5.32 Å². The van der Waals surface area contributed by atoms with Crippen LogP contribution in [0.1, 0.15) is 22.8 Å². The Hall–Kier alpha value is -2.56. The molecule has 4 nitrogen and oxygen atoms in total. The van der Waals surface area contributed by atoms with E-state index in [9.17, 15) is 9.18 Å². The molecule has 1 amide bonds. The summed E-state index contributed by atoms with van der Waals surface area (Å²) in [6.45, 7) is 2.83. The van der Waals surface area contributed by atoms with Crippen LogP contribution in [0.3, 0.4) is 0 Å². The second kappa shape index (κ2) is 6.74. The predicted octanol–water partition coefficient (Wildman–Crippen LogP) is 2.74. The molecule has 0 heterocycles. The topological polar surface area (TPSA) is 64.3 Å². The zero-order valence-electron chi connectivity index (χ0n) is 11.7. The van der Waals surface area contributed by atoms with E-state index in [1.54, 1.807) is 0 Å². The first kappa shape index (κ1) is 14.8. The number of anilines is 1. The summed E-state index contributed by atoms with van der Waals surface area (Å²) in [4.78, 5) is 11.9. The molecule has 0 bridgehead atoms. The minimum absolute atomic E-state index is 0.0240. The van der Waals surface area contributed by atoms with E-state index in [1.165, 1.54) is 12.1 Å². The number of ether oxygens (including phenoxy) is 1. The third-order valence-corrected chi connectivity index (χ3v) is 2.93. The smallest absolute Gasteiger partial charge is 0.251 e. The molecule has 3 N–H and O–H groups in total. The molecule has 0 saturated heterocycles. The maximum atomic E-state index is 13.3. The van der Waals surface area contributed by atoms with E-state index in [0.29, 0.717) is 13.2 Å². The highest BCUT2D eigenvalue weighted by molar-refractivity contribution is 5.94. The van der Waals surface area contributed by atoms with Gasteiger partial charge in [0, 0.05) is 12.1 Å². The van der Waals surface area contributed by atoms with Crippen LogP contribution in [0.5, 0.6) is 5.75 Å². The highest BCUT2D eigenvalue weighted by Gasteiger charge is 2.08. The Morgan fingerprint density at radius 1 is 1.29 bits per heavy atom. The monoisotopic (exact) mass is 288 g/mol. The average Bonchev–Trinajstić information content (AvgIpc) is 2.48. The molecule has 110 valence electrons. The summed E-state index contributed by atoms with van der Waals surface area (Å²) >= 11 is 0. The van der Waals surface area contributed by atoms with Crippen molar-refractivity contribution >= 4 is 11.6 Å². The molecule has 0 aliphatic heterocycles. The van der Waals surface area contributed by atoms with E-state index in [1.807, 2.05) is 31.2 Å². The fourth-order valence-electron chi connectivity index (χ4n) is 1.86. The number of hydrogen-bond donors (Lipinski definition) is 2. The second-order valence-corrected chi connectivity index (χ2v) is 4.50. The lowest BCUT2D eigenvalue weighted by Gasteiger charge is -2.08. The zero-order chi connectivity index (χ0) is 15.2. The highest BCUT2D eigenvalue weighted by Crippen LogP contribution is 2.14. The lowest BCUT2D eigenvalue weighted by Crippen LogP contribution is -2.23. The predicted molar refractivity (Wildman–Crippen MR) is 79.6 cm³/mol. The first-order chi connectivity index (χ1) is 10.1. The zero-order valence-corrected chi connectivity index (χ0v) is 11.7. The number of carbonyl (C=O) groups excluding carboxylic acids is 1. The lowest BCUT2D eigenvalue weighted by atomic mass is 10.1. The van der Waals surface area contributed by atoms with Crippen LogP contribution in [0.2, 0.25) is 0 Å². The molecule has 0 saturated carbocycles. The van der Waals surface area contributed by atoms with Crippen LogP contribution in [0.15, 0.2) is 42.5 Å². The van der Waals surface area contributed by atoms with Gasteiger partial charge in [-0.3, -0.25) is 4.79 Å². The van der Waals surface area contributed by atoms with E-state index in [0.717, 1.165) is 17.4 Å². The second-order valence-electron chi connectivity index (χ2n) is 4.50. The van der Waals surface area contributed by atoms with Crippen LogP contribution in [0.4, 0.5) is 10.1 Å². The number of amides is 1. The molecule has 0 radical (unpaired) electrons. The molecule has 0 aromatic heterocycles. The van der Waals surface area contributed by atoms with Crippen molar-refractivity contribution in [2.45, 2.75) is 13.5 Å². The van der Waals surface area contributed by atoms with Gasteiger partial charge in [-0.15, -0.1) is 0 Å². The molecule has 0 spiro atoms. The number of halogens is 1. The van der Waals surface area contributed by atoms with Crippen LogP contribution in [0, 0.1) is 5.82 Å². The highest BCUT2D eigenvalue weighted by atomic mass is 19.1. The third kappa shape index (κ3) is 3.95. The number of benzene rings is 2. The summed E-state index contributed by atoms with van der Waals surface area (Å²) in [6.07, 6.45) is 0. The van der Waals surface area contributed by atoms with Crippen molar-refractivity contribution in [3.63, 3.8) is 0 Å². The van der Waals surface area contributed by atoms with Crippen molar-refractivity contribution in [1.82, 2.24) is 5.32 Å². The first-order valence-corrected chi connectivity index (χ1v) is 6.65. The summed E-state index contributed by atoms with van der Waals surface area (Å²) in [7, 11) is 0. The van der Waals surface area contributed by atoms with Crippen LogP contribution >= 0.6 is 0 Å². The van der Waals surface area contributed by atoms with Crippen LogP contribution in [-0.2, 0) is 6.54 Å². The van der Waals surface area contributed by atoms with Crippen molar-refractivity contribution in [2.75, 3.05) is 12.3 Å².